The molecule has 1 saturated heterocycles. The van der Waals surface area contributed by atoms with E-state index >= 15 is 0 Å². The first kappa shape index (κ1) is 14.3. The normalized spacial score (nSPS) is 19.3. The molecule has 110 valence electrons. The predicted molar refractivity (Wildman–Crippen MR) is 74.0 cm³/mol. The zero-order valence-electron chi connectivity index (χ0n) is 10.4. The van der Waals surface area contributed by atoms with Crippen molar-refractivity contribution in [2.75, 3.05) is 10.7 Å². The van der Waals surface area contributed by atoms with Gasteiger partial charge in [0.25, 0.3) is 0 Å². The fourth-order valence-corrected chi connectivity index (χ4v) is 3.97. The molecule has 0 aliphatic carbocycles. The van der Waals surface area contributed by atoms with Gasteiger partial charge in [0.15, 0.2) is 0 Å². The Morgan fingerprint density at radius 1 is 1.29 bits per heavy atom. The molecule has 1 fully saturated rings. The smallest absolute Gasteiger partial charge is 0.273 e. The summed E-state index contributed by atoms with van der Waals surface area (Å²) in [5.74, 6) is -0.144. The average Bonchev–Trinajstić information content (AvgIpc) is 3.06. The molecule has 3 rings (SSSR count). The monoisotopic (exact) mass is 331 g/mol. The molecule has 2 aromatic rings. The maximum atomic E-state index is 13.1. The molecule has 1 aliphatic rings. The molecule has 1 amide bonds. The van der Waals surface area contributed by atoms with E-state index in [4.69, 9.17) is 0 Å². The van der Waals surface area contributed by atoms with E-state index in [0.717, 1.165) is 29.2 Å². The summed E-state index contributed by atoms with van der Waals surface area (Å²) in [5, 5.41) is 7.02. The number of aromatic nitrogens is 2. The van der Waals surface area contributed by atoms with Crippen LogP contribution in [0.4, 0.5) is 18.3 Å². The Hall–Kier alpha value is -1.61. The molecule has 1 aliphatic heterocycles. The van der Waals surface area contributed by atoms with E-state index in [2.05, 4.69) is 10.2 Å². The van der Waals surface area contributed by atoms with Crippen LogP contribution in [0.2, 0.25) is 0 Å². The lowest BCUT2D eigenvalue weighted by Crippen LogP contribution is -2.29. The third kappa shape index (κ3) is 2.62. The molecular formula is C12H8F3N3OS2. The van der Waals surface area contributed by atoms with Crippen molar-refractivity contribution in [2.24, 2.45) is 0 Å². The number of hydrogen-bond acceptors (Lipinski definition) is 5. The van der Waals surface area contributed by atoms with Crippen LogP contribution in [0.5, 0.6) is 0 Å². The number of rotatable bonds is 2. The minimum atomic E-state index is -4.46. The summed E-state index contributed by atoms with van der Waals surface area (Å²) >= 11 is 2.28. The highest BCUT2D eigenvalue weighted by molar-refractivity contribution is 8.00. The molecule has 2 heterocycles. The van der Waals surface area contributed by atoms with Gasteiger partial charge in [-0.25, -0.2) is 0 Å². The molecule has 0 N–H and O–H groups in total. The van der Waals surface area contributed by atoms with E-state index in [-0.39, 0.29) is 17.2 Å². The number of thioether (sulfide) groups is 1. The first-order valence-corrected chi connectivity index (χ1v) is 7.77. The molecule has 1 aromatic carbocycles. The average molecular weight is 331 g/mol. The third-order valence-electron chi connectivity index (χ3n) is 2.95. The van der Waals surface area contributed by atoms with Gasteiger partial charge in [-0.2, -0.15) is 13.2 Å². The first-order valence-electron chi connectivity index (χ1n) is 5.84. The van der Waals surface area contributed by atoms with Crippen molar-refractivity contribution in [1.82, 2.24) is 10.2 Å². The van der Waals surface area contributed by atoms with Crippen LogP contribution in [-0.2, 0) is 11.0 Å². The second-order valence-electron chi connectivity index (χ2n) is 4.23. The van der Waals surface area contributed by atoms with Gasteiger partial charge in [-0.3, -0.25) is 9.69 Å². The molecule has 0 spiro atoms. The van der Waals surface area contributed by atoms with Gasteiger partial charge in [0.1, 0.15) is 10.9 Å². The van der Waals surface area contributed by atoms with Crippen LogP contribution in [0.3, 0.4) is 0 Å². The Balaban J connectivity index is 2.06. The van der Waals surface area contributed by atoms with Crippen molar-refractivity contribution < 1.29 is 18.0 Å². The lowest BCUT2D eigenvalue weighted by Gasteiger charge is -2.24. The summed E-state index contributed by atoms with van der Waals surface area (Å²) < 4.78 is 39.4. The molecule has 0 bridgehead atoms. The second kappa shape index (κ2) is 5.30. The van der Waals surface area contributed by atoms with Crippen LogP contribution in [0.25, 0.3) is 0 Å². The van der Waals surface area contributed by atoms with E-state index in [1.54, 1.807) is 0 Å². The lowest BCUT2D eigenvalue weighted by molar-refractivity contribution is -0.138. The van der Waals surface area contributed by atoms with Gasteiger partial charge in [-0.1, -0.05) is 29.5 Å². The maximum Gasteiger partial charge on any atom is 0.416 e. The van der Waals surface area contributed by atoms with Gasteiger partial charge in [-0.15, -0.1) is 22.0 Å². The number of carbonyl (C=O) groups excluding carboxylic acids is 1. The van der Waals surface area contributed by atoms with Crippen molar-refractivity contribution in [2.45, 2.75) is 11.6 Å². The van der Waals surface area contributed by atoms with Crippen molar-refractivity contribution in [3.8, 4) is 0 Å². The molecule has 21 heavy (non-hydrogen) atoms. The van der Waals surface area contributed by atoms with Crippen molar-refractivity contribution >= 4 is 34.1 Å². The summed E-state index contributed by atoms with van der Waals surface area (Å²) in [6.07, 6.45) is -4.46. The van der Waals surface area contributed by atoms with Crippen molar-refractivity contribution in [3.63, 3.8) is 0 Å². The van der Waals surface area contributed by atoms with Gasteiger partial charge in [-0.05, 0) is 11.6 Å². The van der Waals surface area contributed by atoms with Crippen LogP contribution in [0.15, 0.2) is 29.8 Å². The van der Waals surface area contributed by atoms with Gasteiger partial charge >= 0.3 is 6.18 Å². The molecular weight excluding hydrogens is 323 g/mol. The number of benzene rings is 1. The van der Waals surface area contributed by atoms with E-state index in [1.807, 2.05) is 0 Å². The zero-order valence-corrected chi connectivity index (χ0v) is 12.0. The fourth-order valence-electron chi connectivity index (χ4n) is 2.10. The SMILES string of the molecule is O=C1CSC(c2ccccc2C(F)(F)F)N1c1nncs1. The minimum absolute atomic E-state index is 0.0658. The summed E-state index contributed by atoms with van der Waals surface area (Å²) in [4.78, 5) is 13.3. The number of amides is 1. The fraction of sp³-hybridized carbons (Fsp3) is 0.250. The summed E-state index contributed by atoms with van der Waals surface area (Å²) in [6.45, 7) is 0. The summed E-state index contributed by atoms with van der Waals surface area (Å²) in [7, 11) is 0. The van der Waals surface area contributed by atoms with Crippen LogP contribution < -0.4 is 4.90 Å². The highest BCUT2D eigenvalue weighted by atomic mass is 32.2. The largest absolute Gasteiger partial charge is 0.416 e. The van der Waals surface area contributed by atoms with E-state index < -0.39 is 17.1 Å². The number of alkyl halides is 3. The molecule has 1 atom stereocenters. The van der Waals surface area contributed by atoms with Gasteiger partial charge in [0.05, 0.1) is 11.3 Å². The number of carbonyl (C=O) groups is 1. The highest BCUT2D eigenvalue weighted by Crippen LogP contribution is 2.46. The summed E-state index contributed by atoms with van der Waals surface area (Å²) in [6, 6.07) is 5.29. The van der Waals surface area contributed by atoms with Gasteiger partial charge in [0, 0.05) is 0 Å². The Bertz CT molecular complexity index is 660. The van der Waals surface area contributed by atoms with Crippen LogP contribution in [0, 0.1) is 0 Å². The Labute approximate surface area is 126 Å². The minimum Gasteiger partial charge on any atom is -0.273 e. The number of nitrogens with zero attached hydrogens (tertiary/aromatic N) is 3. The predicted octanol–water partition coefficient (Wildman–Crippen LogP) is 3.34. The number of hydrogen-bond donors (Lipinski definition) is 0. The number of anilines is 1. The van der Waals surface area contributed by atoms with E-state index in [9.17, 15) is 18.0 Å². The highest BCUT2D eigenvalue weighted by Gasteiger charge is 2.41. The summed E-state index contributed by atoms with van der Waals surface area (Å²) in [5.41, 5.74) is 0.779. The van der Waals surface area contributed by atoms with E-state index in [1.165, 1.54) is 28.6 Å². The molecule has 9 heteroatoms. The first-order chi connectivity index (χ1) is 9.98. The molecule has 4 nitrogen and oxygen atoms in total. The molecule has 0 saturated carbocycles. The number of halogens is 3. The topological polar surface area (TPSA) is 46.1 Å². The molecule has 0 radical (unpaired) electrons. The quantitative estimate of drug-likeness (QED) is 0.847. The van der Waals surface area contributed by atoms with Crippen LogP contribution in [0.1, 0.15) is 16.5 Å². The third-order valence-corrected chi connectivity index (χ3v) is 4.84. The second-order valence-corrected chi connectivity index (χ2v) is 6.11. The maximum absolute atomic E-state index is 13.1. The van der Waals surface area contributed by atoms with Crippen LogP contribution in [-0.4, -0.2) is 21.9 Å². The lowest BCUT2D eigenvalue weighted by atomic mass is 10.1. The zero-order chi connectivity index (χ0) is 15.0. The van der Waals surface area contributed by atoms with Crippen molar-refractivity contribution in [3.05, 3.63) is 40.9 Å². The van der Waals surface area contributed by atoms with Crippen LogP contribution >= 0.6 is 23.1 Å². The Kier molecular flexibility index (Phi) is 3.62. The van der Waals surface area contributed by atoms with E-state index in [0.29, 0.717) is 5.13 Å². The Morgan fingerprint density at radius 3 is 2.71 bits per heavy atom. The molecule has 1 aromatic heterocycles. The standard InChI is InChI=1S/C12H8F3N3OS2/c13-12(14,15)8-4-2-1-3-7(8)10-18(9(19)5-20-10)11-17-16-6-21-11/h1-4,6,10H,5H2. The van der Waals surface area contributed by atoms with Gasteiger partial charge in [0.2, 0.25) is 11.0 Å². The van der Waals surface area contributed by atoms with Crippen molar-refractivity contribution in [1.29, 1.82) is 0 Å². The molecule has 1 unspecified atom stereocenters. The van der Waals surface area contributed by atoms with Gasteiger partial charge < -0.3 is 0 Å². The Morgan fingerprint density at radius 2 is 2.05 bits per heavy atom.